The smallest absolute Gasteiger partial charge is 0.402 e. The number of benzene rings is 1. The van der Waals surface area contributed by atoms with E-state index >= 15 is 0 Å². The van der Waals surface area contributed by atoms with Gasteiger partial charge < -0.3 is 9.42 Å². The quantitative estimate of drug-likeness (QED) is 0.776. The van der Waals surface area contributed by atoms with Crippen LogP contribution in [-0.2, 0) is 4.57 Å². The lowest BCUT2D eigenvalue weighted by atomic mass is 10.2. The first-order chi connectivity index (χ1) is 7.48. The average Bonchev–Trinajstić information content (AvgIpc) is 2.20. The largest absolute Gasteiger partial charge is 0.524 e. The maximum atomic E-state index is 10.8. The third kappa shape index (κ3) is 3.52. The SMILES string of the molecule is CCN(CC)c1ccccc1OP(=O)(O)O. The average molecular weight is 245 g/mol. The fourth-order valence-electron chi connectivity index (χ4n) is 1.49. The molecule has 0 aliphatic carbocycles. The maximum Gasteiger partial charge on any atom is 0.524 e. The molecule has 0 spiro atoms. The summed E-state index contributed by atoms with van der Waals surface area (Å²) in [6, 6.07) is 6.81. The third-order valence-electron chi connectivity index (χ3n) is 2.19. The number of hydrogen-bond donors (Lipinski definition) is 2. The van der Waals surface area contributed by atoms with Crippen LogP contribution in [0, 0.1) is 0 Å². The number of anilines is 1. The second-order valence-electron chi connectivity index (χ2n) is 3.22. The van der Waals surface area contributed by atoms with E-state index in [1.807, 2.05) is 18.7 Å². The van der Waals surface area contributed by atoms with Gasteiger partial charge in [0, 0.05) is 13.1 Å². The van der Waals surface area contributed by atoms with Crippen molar-refractivity contribution in [1.82, 2.24) is 0 Å². The molecule has 0 bridgehead atoms. The van der Waals surface area contributed by atoms with Gasteiger partial charge in [0.15, 0.2) is 5.75 Å². The van der Waals surface area contributed by atoms with E-state index in [2.05, 4.69) is 4.52 Å². The van der Waals surface area contributed by atoms with Gasteiger partial charge in [-0.1, -0.05) is 12.1 Å². The lowest BCUT2D eigenvalue weighted by Gasteiger charge is -2.23. The highest BCUT2D eigenvalue weighted by Gasteiger charge is 2.19. The van der Waals surface area contributed by atoms with E-state index in [4.69, 9.17) is 9.79 Å². The van der Waals surface area contributed by atoms with E-state index in [0.29, 0.717) is 5.69 Å². The van der Waals surface area contributed by atoms with Crippen molar-refractivity contribution in [2.45, 2.75) is 13.8 Å². The molecular weight excluding hydrogens is 229 g/mol. The van der Waals surface area contributed by atoms with Crippen LogP contribution < -0.4 is 9.42 Å². The summed E-state index contributed by atoms with van der Waals surface area (Å²) in [6.45, 7) is 5.44. The van der Waals surface area contributed by atoms with Crippen molar-refractivity contribution in [3.63, 3.8) is 0 Å². The minimum atomic E-state index is -4.50. The number of para-hydroxylation sites is 2. The Kier molecular flexibility index (Phi) is 4.35. The molecule has 5 nitrogen and oxygen atoms in total. The molecule has 0 amide bonds. The van der Waals surface area contributed by atoms with Gasteiger partial charge >= 0.3 is 7.82 Å². The van der Waals surface area contributed by atoms with Crippen molar-refractivity contribution in [2.24, 2.45) is 0 Å². The molecule has 6 heteroatoms. The van der Waals surface area contributed by atoms with Crippen molar-refractivity contribution >= 4 is 13.5 Å². The number of phosphoric ester groups is 1. The molecule has 16 heavy (non-hydrogen) atoms. The van der Waals surface area contributed by atoms with Crippen LogP contribution in [0.15, 0.2) is 24.3 Å². The fraction of sp³-hybridized carbons (Fsp3) is 0.400. The van der Waals surface area contributed by atoms with Gasteiger partial charge in [-0.25, -0.2) is 4.57 Å². The topological polar surface area (TPSA) is 70.0 Å². The Morgan fingerprint density at radius 1 is 1.25 bits per heavy atom. The van der Waals surface area contributed by atoms with E-state index in [0.717, 1.165) is 13.1 Å². The van der Waals surface area contributed by atoms with E-state index in [-0.39, 0.29) is 5.75 Å². The molecule has 0 heterocycles. The first kappa shape index (κ1) is 13.0. The van der Waals surface area contributed by atoms with Crippen LogP contribution in [0.5, 0.6) is 5.75 Å². The van der Waals surface area contributed by atoms with Gasteiger partial charge in [-0.15, -0.1) is 0 Å². The van der Waals surface area contributed by atoms with Crippen LogP contribution in [0.2, 0.25) is 0 Å². The van der Waals surface area contributed by atoms with Gasteiger partial charge in [-0.05, 0) is 26.0 Å². The molecule has 0 fully saturated rings. The normalized spacial score (nSPS) is 11.2. The minimum absolute atomic E-state index is 0.208. The van der Waals surface area contributed by atoms with Crippen molar-refractivity contribution < 1.29 is 18.9 Å². The second kappa shape index (κ2) is 5.34. The molecule has 1 aromatic carbocycles. The highest BCUT2D eigenvalue weighted by Crippen LogP contribution is 2.41. The number of phosphoric acid groups is 1. The molecular formula is C10H16NO4P. The Bertz CT molecular complexity index is 386. The summed E-state index contributed by atoms with van der Waals surface area (Å²) in [4.78, 5) is 19.5. The van der Waals surface area contributed by atoms with E-state index < -0.39 is 7.82 Å². The summed E-state index contributed by atoms with van der Waals surface area (Å²) < 4.78 is 15.4. The Morgan fingerprint density at radius 2 is 1.81 bits per heavy atom. The Labute approximate surface area is 94.9 Å². The summed E-state index contributed by atoms with van der Waals surface area (Å²) in [5, 5.41) is 0. The van der Waals surface area contributed by atoms with Crippen LogP contribution in [0.3, 0.4) is 0 Å². The zero-order valence-electron chi connectivity index (χ0n) is 9.33. The van der Waals surface area contributed by atoms with E-state index in [1.54, 1.807) is 24.3 Å². The van der Waals surface area contributed by atoms with Crippen LogP contribution in [0.4, 0.5) is 5.69 Å². The van der Waals surface area contributed by atoms with Crippen LogP contribution in [-0.4, -0.2) is 22.9 Å². The molecule has 90 valence electrons. The molecule has 1 aromatic rings. The van der Waals surface area contributed by atoms with Crippen LogP contribution in [0.1, 0.15) is 13.8 Å². The van der Waals surface area contributed by atoms with Crippen LogP contribution >= 0.6 is 7.82 Å². The van der Waals surface area contributed by atoms with Crippen molar-refractivity contribution in [1.29, 1.82) is 0 Å². The fourth-order valence-corrected chi connectivity index (χ4v) is 1.90. The molecule has 0 aromatic heterocycles. The van der Waals surface area contributed by atoms with Crippen molar-refractivity contribution in [3.05, 3.63) is 24.3 Å². The highest BCUT2D eigenvalue weighted by molar-refractivity contribution is 7.46. The molecule has 0 unspecified atom stereocenters. The second-order valence-corrected chi connectivity index (χ2v) is 4.39. The van der Waals surface area contributed by atoms with E-state index in [9.17, 15) is 4.57 Å². The molecule has 1 rings (SSSR count). The summed E-state index contributed by atoms with van der Waals surface area (Å²) in [5.74, 6) is 0.208. The molecule has 0 saturated carbocycles. The van der Waals surface area contributed by atoms with Crippen LogP contribution in [0.25, 0.3) is 0 Å². The minimum Gasteiger partial charge on any atom is -0.402 e. The summed E-state index contributed by atoms with van der Waals surface area (Å²) in [5.41, 5.74) is 0.691. The highest BCUT2D eigenvalue weighted by atomic mass is 31.2. The standard InChI is InChI=1S/C10H16NO4P/c1-3-11(4-2)9-7-5-6-8-10(9)15-16(12,13)14/h5-8H,3-4H2,1-2H3,(H2,12,13,14). The molecule has 0 radical (unpaired) electrons. The van der Waals surface area contributed by atoms with Crippen molar-refractivity contribution in [3.8, 4) is 5.75 Å². The molecule has 0 aliphatic rings. The lowest BCUT2D eigenvalue weighted by Crippen LogP contribution is -2.22. The predicted molar refractivity (Wildman–Crippen MR) is 62.7 cm³/mol. The van der Waals surface area contributed by atoms with Gasteiger partial charge in [-0.2, -0.15) is 0 Å². The summed E-state index contributed by atoms with van der Waals surface area (Å²) in [7, 11) is -4.50. The molecule has 0 atom stereocenters. The number of rotatable bonds is 5. The first-order valence-corrected chi connectivity index (χ1v) is 6.60. The van der Waals surface area contributed by atoms with Gasteiger partial charge in [-0.3, -0.25) is 9.79 Å². The van der Waals surface area contributed by atoms with Gasteiger partial charge in [0.05, 0.1) is 5.69 Å². The number of nitrogens with zero attached hydrogens (tertiary/aromatic N) is 1. The summed E-state index contributed by atoms with van der Waals surface area (Å²) in [6.07, 6.45) is 0. The van der Waals surface area contributed by atoms with E-state index in [1.165, 1.54) is 0 Å². The third-order valence-corrected chi connectivity index (χ3v) is 2.62. The monoisotopic (exact) mass is 245 g/mol. The predicted octanol–water partition coefficient (Wildman–Crippen LogP) is 2.00. The molecule has 0 aliphatic heterocycles. The molecule has 0 saturated heterocycles. The number of hydrogen-bond acceptors (Lipinski definition) is 3. The first-order valence-electron chi connectivity index (χ1n) is 5.07. The van der Waals surface area contributed by atoms with Gasteiger partial charge in [0.2, 0.25) is 0 Å². The lowest BCUT2D eigenvalue weighted by molar-refractivity contribution is 0.283. The summed E-state index contributed by atoms with van der Waals surface area (Å²) >= 11 is 0. The van der Waals surface area contributed by atoms with Crippen molar-refractivity contribution in [2.75, 3.05) is 18.0 Å². The Balaban J connectivity index is 3.04. The zero-order valence-corrected chi connectivity index (χ0v) is 10.2. The Morgan fingerprint density at radius 3 is 2.31 bits per heavy atom. The van der Waals surface area contributed by atoms with Gasteiger partial charge in [0.1, 0.15) is 0 Å². The van der Waals surface area contributed by atoms with Gasteiger partial charge in [0.25, 0.3) is 0 Å². The maximum absolute atomic E-state index is 10.8. The Hall–Kier alpha value is -1.03. The molecule has 2 N–H and O–H groups in total. The zero-order chi connectivity index (χ0) is 12.2.